The Balaban J connectivity index is 1.68. The van der Waals surface area contributed by atoms with Crippen molar-refractivity contribution < 1.29 is 13.2 Å². The molecule has 1 aliphatic rings. The number of benzene rings is 2. The molecule has 6 nitrogen and oxygen atoms in total. The van der Waals surface area contributed by atoms with Gasteiger partial charge < -0.3 is 5.32 Å². The van der Waals surface area contributed by atoms with Crippen molar-refractivity contribution in [3.63, 3.8) is 0 Å². The lowest BCUT2D eigenvalue weighted by Gasteiger charge is -2.26. The van der Waals surface area contributed by atoms with Crippen LogP contribution in [0, 0.1) is 6.92 Å². The molecule has 0 radical (unpaired) electrons. The molecular formula is C21H27N3O3S. The lowest BCUT2D eigenvalue weighted by molar-refractivity contribution is 0.102. The number of anilines is 1. The number of likely N-dealkylation sites (tertiary alicyclic amines) is 1. The highest BCUT2D eigenvalue weighted by Gasteiger charge is 2.16. The molecule has 7 heteroatoms. The highest BCUT2D eigenvalue weighted by Crippen LogP contribution is 2.21. The molecule has 0 bridgehead atoms. The van der Waals surface area contributed by atoms with E-state index < -0.39 is 10.0 Å². The van der Waals surface area contributed by atoms with Crippen LogP contribution in [-0.2, 0) is 16.6 Å². The van der Waals surface area contributed by atoms with E-state index in [1.165, 1.54) is 37.9 Å². The van der Waals surface area contributed by atoms with Gasteiger partial charge in [0.2, 0.25) is 10.0 Å². The summed E-state index contributed by atoms with van der Waals surface area (Å²) >= 11 is 0. The normalized spacial score (nSPS) is 15.4. The minimum atomic E-state index is -3.58. The summed E-state index contributed by atoms with van der Waals surface area (Å²) < 4.78 is 26.5. The van der Waals surface area contributed by atoms with Gasteiger partial charge in [0.25, 0.3) is 5.91 Å². The van der Waals surface area contributed by atoms with Crippen LogP contribution in [0.5, 0.6) is 0 Å². The van der Waals surface area contributed by atoms with Crippen molar-refractivity contribution in [2.24, 2.45) is 0 Å². The smallest absolute Gasteiger partial charge is 0.255 e. The van der Waals surface area contributed by atoms with Gasteiger partial charge in [-0.05, 0) is 75.3 Å². The van der Waals surface area contributed by atoms with Crippen LogP contribution in [0.1, 0.15) is 40.7 Å². The highest BCUT2D eigenvalue weighted by molar-refractivity contribution is 7.89. The van der Waals surface area contributed by atoms with E-state index in [2.05, 4.69) is 14.9 Å². The highest BCUT2D eigenvalue weighted by atomic mass is 32.2. The number of nitrogens with zero attached hydrogens (tertiary/aromatic N) is 1. The number of piperidine rings is 1. The first-order valence-corrected chi connectivity index (χ1v) is 11.0. The molecule has 2 aromatic carbocycles. The van der Waals surface area contributed by atoms with Crippen LogP contribution in [0.3, 0.4) is 0 Å². The molecule has 0 unspecified atom stereocenters. The SMILES string of the molecule is CNS(=O)(=O)c1cc(NC(=O)c2ccc(CN3CCCCC3)cc2)ccc1C. The fourth-order valence-corrected chi connectivity index (χ4v) is 4.41. The third kappa shape index (κ3) is 4.98. The molecular weight excluding hydrogens is 374 g/mol. The minimum absolute atomic E-state index is 0.157. The number of hydrogen-bond donors (Lipinski definition) is 2. The van der Waals surface area contributed by atoms with Gasteiger partial charge in [-0.15, -0.1) is 0 Å². The van der Waals surface area contributed by atoms with Gasteiger partial charge in [-0.3, -0.25) is 9.69 Å². The lowest BCUT2D eigenvalue weighted by atomic mass is 10.1. The number of amides is 1. The first-order valence-electron chi connectivity index (χ1n) is 9.56. The maximum atomic E-state index is 12.5. The number of sulfonamides is 1. The van der Waals surface area contributed by atoms with Gasteiger partial charge in [-0.25, -0.2) is 13.1 Å². The number of hydrogen-bond acceptors (Lipinski definition) is 4. The first kappa shape index (κ1) is 20.5. The van der Waals surface area contributed by atoms with Gasteiger partial charge in [-0.1, -0.05) is 24.6 Å². The van der Waals surface area contributed by atoms with E-state index in [1.807, 2.05) is 24.3 Å². The molecule has 1 fully saturated rings. The number of carbonyl (C=O) groups is 1. The molecule has 150 valence electrons. The zero-order valence-electron chi connectivity index (χ0n) is 16.4. The summed E-state index contributed by atoms with van der Waals surface area (Å²) in [7, 11) is -2.21. The molecule has 0 spiro atoms. The first-order chi connectivity index (χ1) is 13.4. The Labute approximate surface area is 167 Å². The van der Waals surface area contributed by atoms with Crippen molar-refractivity contribution in [1.82, 2.24) is 9.62 Å². The van der Waals surface area contributed by atoms with Crippen molar-refractivity contribution in [2.45, 2.75) is 37.6 Å². The zero-order chi connectivity index (χ0) is 20.1. The fourth-order valence-electron chi connectivity index (χ4n) is 3.42. The summed E-state index contributed by atoms with van der Waals surface area (Å²) in [5, 5.41) is 2.78. The Morgan fingerprint density at radius 3 is 2.36 bits per heavy atom. The van der Waals surface area contributed by atoms with Crippen molar-refractivity contribution in [1.29, 1.82) is 0 Å². The van der Waals surface area contributed by atoms with Crippen LogP contribution in [0.15, 0.2) is 47.4 Å². The molecule has 3 rings (SSSR count). The van der Waals surface area contributed by atoms with Gasteiger partial charge in [-0.2, -0.15) is 0 Å². The van der Waals surface area contributed by atoms with Crippen LogP contribution < -0.4 is 10.0 Å². The summed E-state index contributed by atoms with van der Waals surface area (Å²) in [6.07, 6.45) is 3.82. The van der Waals surface area contributed by atoms with Crippen LogP contribution in [0.4, 0.5) is 5.69 Å². The van der Waals surface area contributed by atoms with Gasteiger partial charge in [0.05, 0.1) is 4.90 Å². The second kappa shape index (κ2) is 8.86. The zero-order valence-corrected chi connectivity index (χ0v) is 17.2. The fraction of sp³-hybridized carbons (Fsp3) is 0.381. The van der Waals surface area contributed by atoms with Gasteiger partial charge in [0.1, 0.15) is 0 Å². The van der Waals surface area contributed by atoms with Crippen molar-refractivity contribution in [2.75, 3.05) is 25.5 Å². The standard InChI is InChI=1S/C21H27N3O3S/c1-16-6-11-19(14-20(16)28(26,27)22-2)23-21(25)18-9-7-17(8-10-18)15-24-12-4-3-5-13-24/h6-11,14,22H,3-5,12-13,15H2,1-2H3,(H,23,25). The molecule has 0 atom stereocenters. The predicted molar refractivity (Wildman–Crippen MR) is 111 cm³/mol. The van der Waals surface area contributed by atoms with Gasteiger partial charge in [0, 0.05) is 17.8 Å². The average Bonchev–Trinajstić information content (AvgIpc) is 2.70. The number of aryl methyl sites for hydroxylation is 1. The van der Waals surface area contributed by atoms with Crippen molar-refractivity contribution in [3.8, 4) is 0 Å². The van der Waals surface area contributed by atoms with Crippen molar-refractivity contribution in [3.05, 3.63) is 59.2 Å². The molecule has 1 aliphatic heterocycles. The summed E-state index contributed by atoms with van der Waals surface area (Å²) in [5.41, 5.74) is 2.80. The predicted octanol–water partition coefficient (Wildman–Crippen LogP) is 3.14. The quantitative estimate of drug-likeness (QED) is 0.779. The Hall–Kier alpha value is -2.22. The molecule has 1 heterocycles. The minimum Gasteiger partial charge on any atom is -0.322 e. The maximum absolute atomic E-state index is 12.5. The Morgan fingerprint density at radius 1 is 1.04 bits per heavy atom. The van der Waals surface area contributed by atoms with Gasteiger partial charge in [0.15, 0.2) is 0 Å². The van der Waals surface area contributed by atoms with E-state index in [-0.39, 0.29) is 10.8 Å². The molecule has 1 amide bonds. The van der Waals surface area contributed by atoms with E-state index >= 15 is 0 Å². The molecule has 0 saturated carbocycles. The largest absolute Gasteiger partial charge is 0.322 e. The number of nitrogens with one attached hydrogen (secondary N) is 2. The second-order valence-corrected chi connectivity index (χ2v) is 9.03. The monoisotopic (exact) mass is 401 g/mol. The van der Waals surface area contributed by atoms with Gasteiger partial charge >= 0.3 is 0 Å². The number of carbonyl (C=O) groups excluding carboxylic acids is 1. The molecule has 1 saturated heterocycles. The maximum Gasteiger partial charge on any atom is 0.255 e. The number of rotatable bonds is 6. The summed E-state index contributed by atoms with van der Waals surface area (Å²) in [5.74, 6) is -0.263. The third-order valence-corrected chi connectivity index (χ3v) is 6.63. The molecule has 0 aliphatic carbocycles. The molecule has 28 heavy (non-hydrogen) atoms. The Kier molecular flexibility index (Phi) is 6.49. The summed E-state index contributed by atoms with van der Waals surface area (Å²) in [6, 6.07) is 12.4. The van der Waals surface area contributed by atoms with E-state index in [0.29, 0.717) is 16.8 Å². The summed E-state index contributed by atoms with van der Waals surface area (Å²) in [4.78, 5) is 15.1. The van der Waals surface area contributed by atoms with Crippen molar-refractivity contribution >= 4 is 21.6 Å². The van der Waals surface area contributed by atoms with E-state index in [1.54, 1.807) is 19.1 Å². The Bertz CT molecular complexity index is 934. The molecule has 2 N–H and O–H groups in total. The van der Waals surface area contributed by atoms with Crippen LogP contribution in [-0.4, -0.2) is 39.4 Å². The average molecular weight is 402 g/mol. The second-order valence-electron chi connectivity index (χ2n) is 7.18. The lowest BCUT2D eigenvalue weighted by Crippen LogP contribution is -2.29. The van der Waals surface area contributed by atoms with E-state index in [0.717, 1.165) is 19.6 Å². The summed E-state index contributed by atoms with van der Waals surface area (Å²) in [6.45, 7) is 4.89. The topological polar surface area (TPSA) is 78.5 Å². The Morgan fingerprint density at radius 2 is 1.71 bits per heavy atom. The van der Waals surface area contributed by atoms with E-state index in [4.69, 9.17) is 0 Å². The van der Waals surface area contributed by atoms with Crippen LogP contribution in [0.2, 0.25) is 0 Å². The third-order valence-electron chi connectivity index (χ3n) is 5.08. The van der Waals surface area contributed by atoms with E-state index in [9.17, 15) is 13.2 Å². The molecule has 2 aromatic rings. The van der Waals surface area contributed by atoms with Crippen LogP contribution in [0.25, 0.3) is 0 Å². The van der Waals surface area contributed by atoms with Crippen LogP contribution >= 0.6 is 0 Å². The molecule has 0 aromatic heterocycles.